The van der Waals surface area contributed by atoms with Crippen LogP contribution in [0.3, 0.4) is 0 Å². The summed E-state index contributed by atoms with van der Waals surface area (Å²) < 4.78 is 24.4. The van der Waals surface area contributed by atoms with Gasteiger partial charge in [0.1, 0.15) is 40.6 Å². The van der Waals surface area contributed by atoms with E-state index in [1.54, 1.807) is 0 Å². The Bertz CT molecular complexity index is 2890. The zero-order chi connectivity index (χ0) is 46.9. The number of carbonyl (C=O) groups is 2. The van der Waals surface area contributed by atoms with Gasteiger partial charge in [0.2, 0.25) is 0 Å². The van der Waals surface area contributed by atoms with Gasteiger partial charge in [0.15, 0.2) is 81.6 Å². The Balaban J connectivity index is 1.35. The average molecular weight is 899 g/mol. The van der Waals surface area contributed by atoms with Crippen molar-refractivity contribution in [2.24, 2.45) is 0 Å². The highest BCUT2D eigenvalue weighted by Crippen LogP contribution is 2.59. The minimum atomic E-state index is -1.96. The van der Waals surface area contributed by atoms with Gasteiger partial charge in [-0.1, -0.05) is 6.07 Å². The highest BCUT2D eigenvalue weighted by Gasteiger charge is 2.50. The quantitative estimate of drug-likeness (QED) is 0.0764. The second-order valence-electron chi connectivity index (χ2n) is 15.0. The van der Waals surface area contributed by atoms with Crippen molar-refractivity contribution in [3.05, 3.63) is 112 Å². The highest BCUT2D eigenvalue weighted by molar-refractivity contribution is 5.92. The van der Waals surface area contributed by atoms with Crippen molar-refractivity contribution in [2.45, 2.75) is 36.8 Å². The number of rotatable bonds is 7. The summed E-state index contributed by atoms with van der Waals surface area (Å²) in [5, 5.41) is 158. The van der Waals surface area contributed by atoms with Gasteiger partial charge in [-0.15, -0.1) is 0 Å². The first-order valence-electron chi connectivity index (χ1n) is 18.9. The summed E-state index contributed by atoms with van der Waals surface area (Å²) in [5.74, 6) is -17.8. The van der Waals surface area contributed by atoms with Crippen molar-refractivity contribution in [2.75, 3.05) is 0 Å². The molecule has 0 fully saturated rings. The van der Waals surface area contributed by atoms with E-state index in [0.717, 1.165) is 66.7 Å². The molecule has 2 aliphatic heterocycles. The summed E-state index contributed by atoms with van der Waals surface area (Å²) in [4.78, 5) is 27.7. The van der Waals surface area contributed by atoms with E-state index < -0.39 is 157 Å². The number of aromatic hydroxyl groups is 15. The average Bonchev–Trinajstić information content (AvgIpc) is 3.24. The van der Waals surface area contributed by atoms with Crippen LogP contribution in [0.15, 0.2) is 72.8 Å². The summed E-state index contributed by atoms with van der Waals surface area (Å²) in [5.41, 5.74) is -2.33. The van der Waals surface area contributed by atoms with E-state index in [4.69, 9.17) is 18.9 Å². The van der Waals surface area contributed by atoms with Crippen LogP contribution in [-0.2, 0) is 15.9 Å². The monoisotopic (exact) mass is 898 g/mol. The topological polar surface area (TPSA) is 375 Å². The van der Waals surface area contributed by atoms with Gasteiger partial charge in [0, 0.05) is 52.4 Å². The largest absolute Gasteiger partial charge is 0.508 e. The van der Waals surface area contributed by atoms with Gasteiger partial charge < -0.3 is 95.5 Å². The molecule has 5 atom stereocenters. The SMILES string of the molecule is O=C(OC1Cc2c(O)cc(O)c(C3c4c(O)cc(O)cc4OC(c4cc(O)c(O)c(O)c4)C3OC(=O)c3cc(O)c(O)c(O)c3)c2OC1c1ccc(O)c(O)c1)c1cc(O)c(O)c(O)c1. The molecule has 336 valence electrons. The van der Waals surface area contributed by atoms with Crippen LogP contribution in [0, 0.1) is 0 Å². The molecule has 2 aliphatic rings. The fourth-order valence-corrected chi connectivity index (χ4v) is 7.81. The molecule has 6 aromatic carbocycles. The van der Waals surface area contributed by atoms with Crippen LogP contribution in [0.4, 0.5) is 0 Å². The zero-order valence-corrected chi connectivity index (χ0v) is 32.7. The number of phenolic OH excluding ortho intramolecular Hbond substituents is 15. The van der Waals surface area contributed by atoms with Crippen LogP contribution < -0.4 is 9.47 Å². The van der Waals surface area contributed by atoms with Crippen molar-refractivity contribution in [1.29, 1.82) is 0 Å². The molecule has 0 bridgehead atoms. The van der Waals surface area contributed by atoms with Crippen LogP contribution in [0.1, 0.15) is 66.7 Å². The fourth-order valence-electron chi connectivity index (χ4n) is 7.81. The Kier molecular flexibility index (Phi) is 10.2. The Morgan fingerprint density at radius 2 is 0.969 bits per heavy atom. The number of fused-ring (bicyclic) bond motifs is 2. The van der Waals surface area contributed by atoms with E-state index in [1.165, 1.54) is 6.07 Å². The van der Waals surface area contributed by atoms with E-state index in [9.17, 15) is 86.2 Å². The molecule has 0 spiro atoms. The lowest BCUT2D eigenvalue weighted by atomic mass is 9.77. The number of hydrogen-bond acceptors (Lipinski definition) is 21. The normalized spacial score (nSPS) is 18.6. The number of esters is 2. The molecule has 0 aliphatic carbocycles. The number of hydrogen-bond donors (Lipinski definition) is 15. The van der Waals surface area contributed by atoms with Gasteiger partial charge in [-0.25, -0.2) is 9.59 Å². The molecular weight excluding hydrogens is 864 g/mol. The van der Waals surface area contributed by atoms with Crippen LogP contribution in [-0.4, -0.2) is 101 Å². The van der Waals surface area contributed by atoms with Crippen molar-refractivity contribution in [3.8, 4) is 97.7 Å². The molecule has 0 amide bonds. The van der Waals surface area contributed by atoms with E-state index >= 15 is 0 Å². The third kappa shape index (κ3) is 7.41. The minimum Gasteiger partial charge on any atom is -0.508 e. The number of ether oxygens (including phenoxy) is 4. The maximum absolute atomic E-state index is 14.1. The molecule has 0 radical (unpaired) electrons. The summed E-state index contributed by atoms with van der Waals surface area (Å²) in [6.45, 7) is 0. The summed E-state index contributed by atoms with van der Waals surface area (Å²) in [6, 6.07) is 10.8. The molecule has 21 nitrogen and oxygen atoms in total. The predicted octanol–water partition coefficient (Wildman–Crippen LogP) is 4.66. The Labute approximate surface area is 362 Å². The van der Waals surface area contributed by atoms with Crippen LogP contribution >= 0.6 is 0 Å². The van der Waals surface area contributed by atoms with Crippen molar-refractivity contribution < 1.29 is 105 Å². The van der Waals surface area contributed by atoms with Gasteiger partial charge >= 0.3 is 11.9 Å². The zero-order valence-electron chi connectivity index (χ0n) is 32.7. The van der Waals surface area contributed by atoms with Crippen LogP contribution in [0.25, 0.3) is 0 Å². The number of carbonyl (C=O) groups excluding carboxylic acids is 2. The molecular formula is C44H34O21. The van der Waals surface area contributed by atoms with Crippen molar-refractivity contribution in [3.63, 3.8) is 0 Å². The maximum Gasteiger partial charge on any atom is 0.338 e. The third-order valence-corrected chi connectivity index (χ3v) is 10.8. The number of phenols is 15. The van der Waals surface area contributed by atoms with Gasteiger partial charge in [0.05, 0.1) is 17.0 Å². The lowest BCUT2D eigenvalue weighted by molar-refractivity contribution is -0.0303. The predicted molar refractivity (Wildman–Crippen MR) is 214 cm³/mol. The third-order valence-electron chi connectivity index (χ3n) is 10.8. The van der Waals surface area contributed by atoms with E-state index in [0.29, 0.717) is 0 Å². The molecule has 15 N–H and O–H groups in total. The van der Waals surface area contributed by atoms with Crippen molar-refractivity contribution in [1.82, 2.24) is 0 Å². The van der Waals surface area contributed by atoms with Crippen molar-refractivity contribution >= 4 is 11.9 Å². The summed E-state index contributed by atoms with van der Waals surface area (Å²) in [6.07, 6.45) is -7.36. The smallest absolute Gasteiger partial charge is 0.338 e. The molecule has 0 saturated heterocycles. The van der Waals surface area contributed by atoms with E-state index in [2.05, 4.69) is 0 Å². The lowest BCUT2D eigenvalue weighted by Gasteiger charge is -2.42. The highest BCUT2D eigenvalue weighted by atomic mass is 16.6. The second kappa shape index (κ2) is 15.6. The molecule has 2 heterocycles. The van der Waals surface area contributed by atoms with Gasteiger partial charge in [-0.05, 0) is 48.5 Å². The summed E-state index contributed by atoms with van der Waals surface area (Å²) in [7, 11) is 0. The van der Waals surface area contributed by atoms with Gasteiger partial charge in [-0.2, -0.15) is 0 Å². The molecule has 0 aromatic heterocycles. The second-order valence-corrected chi connectivity index (χ2v) is 15.0. The van der Waals surface area contributed by atoms with Gasteiger partial charge in [-0.3, -0.25) is 0 Å². The Morgan fingerprint density at radius 1 is 0.462 bits per heavy atom. The first-order chi connectivity index (χ1) is 30.7. The van der Waals surface area contributed by atoms with Crippen LogP contribution in [0.5, 0.6) is 97.7 Å². The van der Waals surface area contributed by atoms with Gasteiger partial charge in [0.25, 0.3) is 0 Å². The van der Waals surface area contributed by atoms with E-state index in [1.807, 2.05) is 0 Å². The first kappa shape index (κ1) is 42.5. The first-order valence-corrected chi connectivity index (χ1v) is 18.9. The molecule has 8 rings (SSSR count). The molecule has 6 aromatic rings. The number of benzene rings is 6. The van der Waals surface area contributed by atoms with Crippen LogP contribution in [0.2, 0.25) is 0 Å². The van der Waals surface area contributed by atoms with E-state index in [-0.39, 0.29) is 28.0 Å². The standard InChI is InChI=1S/C44H34O21/c45-18-10-23(49)33-31(11-18)62-40(15-4-25(51)36(57)26(52)5-15)42(65-44(61)17-8-29(55)38(59)30(56)9-17)35(33)34-24(50)13-21(47)19-12-32(63-43(60)16-6-27(53)37(58)28(54)7-16)39(64-41(19)34)14-1-2-20(46)22(48)3-14/h1-11,13,32,35,39-40,42,45-59H,12H2. The Hall–Kier alpha value is -9.14. The maximum atomic E-state index is 14.1. The summed E-state index contributed by atoms with van der Waals surface area (Å²) >= 11 is 0. The molecule has 21 heteroatoms. The Morgan fingerprint density at radius 3 is 1.52 bits per heavy atom. The fraction of sp³-hybridized carbons (Fsp3) is 0.136. The minimum absolute atomic E-state index is 0.0167. The molecule has 0 saturated carbocycles. The lowest BCUT2D eigenvalue weighted by Crippen LogP contribution is -2.40. The molecule has 5 unspecified atom stereocenters. The molecule has 65 heavy (non-hydrogen) atoms.